The molecule has 2 aromatic rings. The zero-order valence-electron chi connectivity index (χ0n) is 20.7. The Morgan fingerprint density at radius 3 is 2.43 bits per heavy atom. The van der Waals surface area contributed by atoms with Crippen molar-refractivity contribution in [2.45, 2.75) is 26.3 Å². The number of oxime groups is 1. The number of carbonyl (C=O) groups is 2. The molecule has 2 aliphatic rings. The number of aliphatic hydroxyl groups is 1. The van der Waals surface area contributed by atoms with Gasteiger partial charge >= 0.3 is 0 Å². The summed E-state index contributed by atoms with van der Waals surface area (Å²) >= 11 is 0. The van der Waals surface area contributed by atoms with Crippen LogP contribution in [0.25, 0.3) is 11.1 Å². The first kappa shape index (κ1) is 24.9. The molecule has 2 fully saturated rings. The molecule has 8 nitrogen and oxygen atoms in total. The summed E-state index contributed by atoms with van der Waals surface area (Å²) in [7, 11) is 1.47. The summed E-state index contributed by atoms with van der Waals surface area (Å²) in [5.74, 6) is -0.244. The van der Waals surface area contributed by atoms with Gasteiger partial charge in [0.05, 0.1) is 18.9 Å². The van der Waals surface area contributed by atoms with Crippen LogP contribution in [0, 0.1) is 13.8 Å². The number of β-amino-alcohol motifs (C(OH)–C–C–N with tert-alkyl or cyclic N) is 1. The lowest BCUT2D eigenvalue weighted by Crippen LogP contribution is -2.54. The Labute approximate surface area is 206 Å². The van der Waals surface area contributed by atoms with Crippen LogP contribution in [0.2, 0.25) is 0 Å². The molecule has 8 heteroatoms. The van der Waals surface area contributed by atoms with Crippen molar-refractivity contribution in [1.82, 2.24) is 14.7 Å². The van der Waals surface area contributed by atoms with E-state index in [1.54, 1.807) is 4.90 Å². The third-order valence-corrected chi connectivity index (χ3v) is 7.07. The van der Waals surface area contributed by atoms with Crippen LogP contribution in [0.3, 0.4) is 0 Å². The van der Waals surface area contributed by atoms with E-state index >= 15 is 0 Å². The van der Waals surface area contributed by atoms with Crippen LogP contribution in [0.15, 0.2) is 47.6 Å². The normalized spacial score (nSPS) is 19.9. The lowest BCUT2D eigenvalue weighted by Gasteiger charge is -2.37. The Morgan fingerprint density at radius 2 is 1.77 bits per heavy atom. The number of benzene rings is 2. The molecule has 2 saturated heterocycles. The smallest absolute Gasteiger partial charge is 0.254 e. The molecule has 0 aromatic heterocycles. The van der Waals surface area contributed by atoms with E-state index in [9.17, 15) is 9.59 Å². The quantitative estimate of drug-likeness (QED) is 0.644. The summed E-state index contributed by atoms with van der Waals surface area (Å²) in [5.41, 5.74) is 5.88. The van der Waals surface area contributed by atoms with Gasteiger partial charge in [-0.3, -0.25) is 14.5 Å². The minimum Gasteiger partial charge on any atom is -0.399 e. The molecule has 4 rings (SSSR count). The maximum atomic E-state index is 13.5. The van der Waals surface area contributed by atoms with E-state index in [1.165, 1.54) is 18.2 Å². The first-order valence-electron chi connectivity index (χ1n) is 12.1. The minimum atomic E-state index is -0.598. The second kappa shape index (κ2) is 11.0. The van der Waals surface area contributed by atoms with Gasteiger partial charge in [0.2, 0.25) is 5.91 Å². The number of amides is 2. The first-order chi connectivity index (χ1) is 16.9. The Kier molecular flexibility index (Phi) is 7.83. The molecule has 2 aliphatic heterocycles. The van der Waals surface area contributed by atoms with E-state index in [0.717, 1.165) is 11.1 Å². The van der Waals surface area contributed by atoms with Gasteiger partial charge in [0.1, 0.15) is 13.2 Å². The zero-order valence-corrected chi connectivity index (χ0v) is 20.7. The Bertz CT molecular complexity index is 1090. The Hall–Kier alpha value is -3.23. The summed E-state index contributed by atoms with van der Waals surface area (Å²) in [6.45, 7) is 7.77. The van der Waals surface area contributed by atoms with Crippen LogP contribution >= 0.6 is 0 Å². The van der Waals surface area contributed by atoms with Crippen LogP contribution in [0.1, 0.15) is 27.9 Å². The van der Waals surface area contributed by atoms with Crippen molar-refractivity contribution in [3.8, 4) is 11.1 Å². The van der Waals surface area contributed by atoms with Crippen molar-refractivity contribution in [1.29, 1.82) is 0 Å². The highest BCUT2D eigenvalue weighted by molar-refractivity contribution is 6.05. The molecular formula is C27H34N4O4. The zero-order chi connectivity index (χ0) is 24.9. The lowest BCUT2D eigenvalue weighted by molar-refractivity contribution is -0.137. The Balaban J connectivity index is 1.52. The molecule has 1 N–H and O–H groups in total. The molecule has 0 saturated carbocycles. The molecule has 0 aliphatic carbocycles. The van der Waals surface area contributed by atoms with E-state index in [4.69, 9.17) is 9.94 Å². The molecule has 186 valence electrons. The lowest BCUT2D eigenvalue weighted by atomic mass is 9.96. The van der Waals surface area contributed by atoms with E-state index in [0.29, 0.717) is 50.4 Å². The highest BCUT2D eigenvalue weighted by Gasteiger charge is 2.41. The van der Waals surface area contributed by atoms with Crippen LogP contribution in [-0.2, 0) is 9.63 Å². The largest absolute Gasteiger partial charge is 0.399 e. The van der Waals surface area contributed by atoms with Gasteiger partial charge in [0.25, 0.3) is 5.91 Å². The predicted octanol–water partition coefficient (Wildman–Crippen LogP) is 2.32. The summed E-state index contributed by atoms with van der Waals surface area (Å²) in [6, 6.07) is 13.2. The standard InChI is InChI=1S/C27H34N4O4/c1-19-5-4-6-24(20(19)2)21-7-9-22(10-8-21)26(33)31-18-23(28-35-3)17-25(31)27(34)30-13-11-29(12-14-30)15-16-32/h4-10,25,32H,11-18H2,1-3H3/b28-23-/t25-/m0/s1. The van der Waals surface area contributed by atoms with Gasteiger partial charge in [0.15, 0.2) is 0 Å². The number of rotatable bonds is 6. The minimum absolute atomic E-state index is 0.0599. The molecule has 2 heterocycles. The van der Waals surface area contributed by atoms with E-state index in [2.05, 4.69) is 36.0 Å². The molecule has 1 atom stereocenters. The molecule has 0 unspecified atom stereocenters. The third kappa shape index (κ3) is 5.39. The van der Waals surface area contributed by atoms with Gasteiger partial charge < -0.3 is 19.7 Å². The van der Waals surface area contributed by atoms with E-state index in [1.807, 2.05) is 35.2 Å². The fraction of sp³-hybridized carbons (Fsp3) is 0.444. The molecule has 35 heavy (non-hydrogen) atoms. The summed E-state index contributed by atoms with van der Waals surface area (Å²) in [4.78, 5) is 37.5. The fourth-order valence-corrected chi connectivity index (χ4v) is 4.90. The van der Waals surface area contributed by atoms with Crippen molar-refractivity contribution in [2.24, 2.45) is 5.16 Å². The van der Waals surface area contributed by atoms with Crippen LogP contribution < -0.4 is 0 Å². The topological polar surface area (TPSA) is 85.7 Å². The van der Waals surface area contributed by atoms with Crippen LogP contribution in [-0.4, -0.2) is 96.4 Å². The predicted molar refractivity (Wildman–Crippen MR) is 135 cm³/mol. The number of hydrogen-bond donors (Lipinski definition) is 1. The van der Waals surface area contributed by atoms with Crippen molar-refractivity contribution in [3.05, 3.63) is 59.2 Å². The molecule has 0 spiro atoms. The van der Waals surface area contributed by atoms with Crippen molar-refractivity contribution < 1.29 is 19.5 Å². The average molecular weight is 479 g/mol. The van der Waals surface area contributed by atoms with E-state index in [-0.39, 0.29) is 25.0 Å². The molecule has 2 amide bonds. The molecule has 0 radical (unpaired) electrons. The van der Waals surface area contributed by atoms with Gasteiger partial charge in [0, 0.05) is 44.7 Å². The SMILES string of the molecule is CO/N=C1/C[C@@H](C(=O)N2CCN(CCO)CC2)N(C(=O)c2ccc(-c3cccc(C)c3C)cc2)C1. The van der Waals surface area contributed by atoms with Gasteiger partial charge in [-0.1, -0.05) is 35.5 Å². The van der Waals surface area contributed by atoms with Crippen molar-refractivity contribution >= 4 is 17.5 Å². The second-order valence-electron chi connectivity index (χ2n) is 9.21. The van der Waals surface area contributed by atoms with Crippen LogP contribution in [0.5, 0.6) is 0 Å². The molecule has 0 bridgehead atoms. The Morgan fingerprint density at radius 1 is 1.06 bits per heavy atom. The van der Waals surface area contributed by atoms with Gasteiger partial charge in [-0.25, -0.2) is 0 Å². The number of nitrogens with zero attached hydrogens (tertiary/aromatic N) is 4. The van der Waals surface area contributed by atoms with Gasteiger partial charge in [-0.2, -0.15) is 0 Å². The third-order valence-electron chi connectivity index (χ3n) is 7.07. The maximum absolute atomic E-state index is 13.5. The highest BCUT2D eigenvalue weighted by Crippen LogP contribution is 2.27. The van der Waals surface area contributed by atoms with Gasteiger partial charge in [-0.05, 0) is 48.2 Å². The number of aryl methyl sites for hydroxylation is 1. The summed E-state index contributed by atoms with van der Waals surface area (Å²) in [6.07, 6.45) is 0.371. The van der Waals surface area contributed by atoms with Crippen molar-refractivity contribution in [2.75, 3.05) is 53.0 Å². The van der Waals surface area contributed by atoms with E-state index < -0.39 is 6.04 Å². The number of aliphatic hydroxyl groups excluding tert-OH is 1. The first-order valence-corrected chi connectivity index (χ1v) is 12.1. The average Bonchev–Trinajstić information content (AvgIpc) is 3.30. The molecule has 2 aromatic carbocycles. The second-order valence-corrected chi connectivity index (χ2v) is 9.21. The fourth-order valence-electron chi connectivity index (χ4n) is 4.90. The van der Waals surface area contributed by atoms with Crippen molar-refractivity contribution in [3.63, 3.8) is 0 Å². The summed E-state index contributed by atoms with van der Waals surface area (Å²) in [5, 5.41) is 13.2. The molecular weight excluding hydrogens is 444 g/mol. The maximum Gasteiger partial charge on any atom is 0.254 e. The summed E-state index contributed by atoms with van der Waals surface area (Å²) < 4.78 is 0. The number of likely N-dealkylation sites (tertiary alicyclic amines) is 1. The number of piperazine rings is 1. The number of carbonyl (C=O) groups excluding carboxylic acids is 2. The van der Waals surface area contributed by atoms with Crippen LogP contribution in [0.4, 0.5) is 0 Å². The van der Waals surface area contributed by atoms with Gasteiger partial charge in [-0.15, -0.1) is 0 Å². The number of hydrogen-bond acceptors (Lipinski definition) is 6. The highest BCUT2D eigenvalue weighted by atomic mass is 16.6. The monoisotopic (exact) mass is 478 g/mol.